The SMILES string of the molecule is COC(=O)c1sc(CCl)c(CCl)c1C#N. The average Bonchev–Trinajstić information content (AvgIpc) is 2.65. The largest absolute Gasteiger partial charge is 0.465 e. The van der Waals surface area contributed by atoms with E-state index in [9.17, 15) is 4.79 Å². The van der Waals surface area contributed by atoms with Gasteiger partial charge in [0.25, 0.3) is 0 Å². The van der Waals surface area contributed by atoms with Crippen LogP contribution in [0, 0.1) is 11.3 Å². The van der Waals surface area contributed by atoms with Crippen molar-refractivity contribution in [2.45, 2.75) is 11.8 Å². The Morgan fingerprint density at radius 1 is 1.53 bits per heavy atom. The lowest BCUT2D eigenvalue weighted by Crippen LogP contribution is -2.00. The van der Waals surface area contributed by atoms with Gasteiger partial charge in [-0.05, 0) is 0 Å². The molecule has 0 aliphatic rings. The predicted molar refractivity (Wildman–Crippen MR) is 59.5 cm³/mol. The Balaban J connectivity index is 3.35. The first kappa shape index (κ1) is 12.3. The van der Waals surface area contributed by atoms with E-state index < -0.39 is 5.97 Å². The van der Waals surface area contributed by atoms with Crippen molar-refractivity contribution in [2.24, 2.45) is 0 Å². The molecule has 15 heavy (non-hydrogen) atoms. The highest BCUT2D eigenvalue weighted by Gasteiger charge is 2.22. The molecule has 0 fully saturated rings. The standard InChI is InChI=1S/C9H7Cl2NO2S/c1-14-9(13)8-6(4-12)5(2-10)7(3-11)15-8/h2-3H2,1H3. The minimum absolute atomic E-state index is 0.165. The van der Waals surface area contributed by atoms with E-state index in [0.717, 1.165) is 16.2 Å². The highest BCUT2D eigenvalue weighted by molar-refractivity contribution is 7.14. The zero-order valence-electron chi connectivity index (χ0n) is 7.84. The van der Waals surface area contributed by atoms with Gasteiger partial charge in [0, 0.05) is 16.3 Å². The van der Waals surface area contributed by atoms with E-state index >= 15 is 0 Å². The molecule has 1 heterocycles. The van der Waals surface area contributed by atoms with Gasteiger partial charge in [0.1, 0.15) is 10.9 Å². The van der Waals surface area contributed by atoms with Gasteiger partial charge in [-0.25, -0.2) is 4.79 Å². The molecule has 0 amide bonds. The first-order chi connectivity index (χ1) is 7.19. The van der Waals surface area contributed by atoms with Crippen LogP contribution >= 0.6 is 34.5 Å². The van der Waals surface area contributed by atoms with Crippen molar-refractivity contribution in [1.29, 1.82) is 5.26 Å². The zero-order chi connectivity index (χ0) is 11.4. The van der Waals surface area contributed by atoms with Crippen LogP contribution in [-0.2, 0) is 16.5 Å². The molecule has 80 valence electrons. The molecule has 0 saturated heterocycles. The van der Waals surface area contributed by atoms with Gasteiger partial charge in [0.2, 0.25) is 0 Å². The number of esters is 1. The molecular formula is C9H7Cl2NO2S. The van der Waals surface area contributed by atoms with E-state index in [1.54, 1.807) is 0 Å². The third-order valence-corrected chi connectivity index (χ3v) is 3.73. The molecule has 3 nitrogen and oxygen atoms in total. The number of ether oxygens (including phenoxy) is 1. The van der Waals surface area contributed by atoms with Gasteiger partial charge in [-0.3, -0.25) is 0 Å². The number of nitrogens with zero attached hydrogens (tertiary/aromatic N) is 1. The zero-order valence-corrected chi connectivity index (χ0v) is 10.2. The molecule has 6 heteroatoms. The van der Waals surface area contributed by atoms with E-state index in [1.165, 1.54) is 7.11 Å². The van der Waals surface area contributed by atoms with Gasteiger partial charge in [0.05, 0.1) is 18.6 Å². The second-order valence-electron chi connectivity index (χ2n) is 2.58. The second-order valence-corrected chi connectivity index (χ2v) is 4.22. The van der Waals surface area contributed by atoms with Gasteiger partial charge in [-0.2, -0.15) is 5.26 Å². The van der Waals surface area contributed by atoms with E-state index in [2.05, 4.69) is 4.74 Å². The normalized spacial score (nSPS) is 9.73. The summed E-state index contributed by atoms with van der Waals surface area (Å²) in [5.74, 6) is -0.129. The lowest BCUT2D eigenvalue weighted by Gasteiger charge is -1.95. The maximum Gasteiger partial charge on any atom is 0.349 e. The van der Waals surface area contributed by atoms with Crippen LogP contribution in [0.25, 0.3) is 0 Å². The Morgan fingerprint density at radius 3 is 2.60 bits per heavy atom. The third kappa shape index (κ3) is 2.25. The molecule has 0 saturated carbocycles. The molecule has 0 aromatic carbocycles. The number of carbonyl (C=O) groups is 1. The number of rotatable bonds is 3. The summed E-state index contributed by atoms with van der Waals surface area (Å²) in [7, 11) is 1.27. The highest BCUT2D eigenvalue weighted by Crippen LogP contribution is 2.31. The number of nitriles is 1. The maximum atomic E-state index is 11.3. The number of halogens is 2. The maximum absolute atomic E-state index is 11.3. The summed E-state index contributed by atoms with van der Waals surface area (Å²) in [6.45, 7) is 0. The molecule has 1 aromatic heterocycles. The van der Waals surface area contributed by atoms with E-state index in [-0.39, 0.29) is 22.2 Å². The molecule has 0 radical (unpaired) electrons. The van der Waals surface area contributed by atoms with Crippen molar-refractivity contribution in [1.82, 2.24) is 0 Å². The fourth-order valence-corrected chi connectivity index (χ4v) is 2.85. The van der Waals surface area contributed by atoms with Crippen LogP contribution in [-0.4, -0.2) is 13.1 Å². The summed E-state index contributed by atoms with van der Waals surface area (Å²) in [5, 5.41) is 8.93. The molecular weight excluding hydrogens is 257 g/mol. The van der Waals surface area contributed by atoms with Gasteiger partial charge >= 0.3 is 5.97 Å². The molecule has 1 aromatic rings. The Labute approximate surface area is 101 Å². The minimum Gasteiger partial charge on any atom is -0.465 e. The summed E-state index contributed by atoms with van der Waals surface area (Å²) in [4.78, 5) is 12.4. The lowest BCUT2D eigenvalue weighted by molar-refractivity contribution is 0.0606. The number of methoxy groups -OCH3 is 1. The van der Waals surface area contributed by atoms with Crippen LogP contribution in [0.5, 0.6) is 0 Å². The fraction of sp³-hybridized carbons (Fsp3) is 0.333. The average molecular weight is 264 g/mol. The smallest absolute Gasteiger partial charge is 0.349 e. The Bertz CT molecular complexity index is 422. The molecule has 0 unspecified atom stereocenters. The van der Waals surface area contributed by atoms with Crippen molar-refractivity contribution in [2.75, 3.05) is 7.11 Å². The van der Waals surface area contributed by atoms with Crippen molar-refractivity contribution in [3.8, 4) is 6.07 Å². The first-order valence-electron chi connectivity index (χ1n) is 3.94. The summed E-state index contributed by atoms with van der Waals surface area (Å²) in [6, 6.07) is 1.95. The van der Waals surface area contributed by atoms with Gasteiger partial charge in [0.15, 0.2) is 0 Å². The molecule has 0 aliphatic carbocycles. The van der Waals surface area contributed by atoms with Crippen molar-refractivity contribution in [3.63, 3.8) is 0 Å². The summed E-state index contributed by atoms with van der Waals surface area (Å²) in [5.41, 5.74) is 0.900. The summed E-state index contributed by atoms with van der Waals surface area (Å²) < 4.78 is 4.57. The van der Waals surface area contributed by atoms with Gasteiger partial charge in [-0.15, -0.1) is 34.5 Å². The van der Waals surface area contributed by atoms with Crippen LogP contribution in [0.15, 0.2) is 0 Å². The predicted octanol–water partition coefficient (Wildman–Crippen LogP) is 2.88. The Kier molecular flexibility index (Phi) is 4.40. The van der Waals surface area contributed by atoms with Crippen molar-refractivity contribution < 1.29 is 9.53 Å². The van der Waals surface area contributed by atoms with Gasteiger partial charge < -0.3 is 4.74 Å². The third-order valence-electron chi connectivity index (χ3n) is 1.83. The molecule has 0 atom stereocenters. The molecule has 1 rings (SSSR count). The number of thiophene rings is 1. The highest BCUT2D eigenvalue weighted by atomic mass is 35.5. The monoisotopic (exact) mass is 263 g/mol. The topological polar surface area (TPSA) is 50.1 Å². The Hall–Kier alpha value is -0.760. The number of carbonyl (C=O) groups excluding carboxylic acids is 1. The summed E-state index contributed by atoms with van der Waals surface area (Å²) in [6.07, 6.45) is 0. The van der Waals surface area contributed by atoms with E-state index in [1.807, 2.05) is 6.07 Å². The van der Waals surface area contributed by atoms with Crippen LogP contribution in [0.3, 0.4) is 0 Å². The Morgan fingerprint density at radius 2 is 2.20 bits per heavy atom. The minimum atomic E-state index is -0.528. The fourth-order valence-electron chi connectivity index (χ4n) is 1.12. The molecule has 0 N–H and O–H groups in total. The number of alkyl halides is 2. The van der Waals surface area contributed by atoms with Crippen molar-refractivity contribution >= 4 is 40.5 Å². The number of hydrogen-bond donors (Lipinski definition) is 0. The van der Waals surface area contributed by atoms with Crippen LogP contribution < -0.4 is 0 Å². The quantitative estimate of drug-likeness (QED) is 0.623. The van der Waals surface area contributed by atoms with Crippen LogP contribution in [0.1, 0.15) is 25.7 Å². The van der Waals surface area contributed by atoms with Crippen molar-refractivity contribution in [3.05, 3.63) is 20.9 Å². The van der Waals surface area contributed by atoms with Crippen LogP contribution in [0.4, 0.5) is 0 Å². The molecule has 0 bridgehead atoms. The summed E-state index contributed by atoms with van der Waals surface area (Å²) >= 11 is 12.5. The lowest BCUT2D eigenvalue weighted by atomic mass is 10.1. The van der Waals surface area contributed by atoms with E-state index in [4.69, 9.17) is 28.5 Å². The van der Waals surface area contributed by atoms with E-state index in [0.29, 0.717) is 5.56 Å². The first-order valence-corrected chi connectivity index (χ1v) is 5.83. The number of hydrogen-bond acceptors (Lipinski definition) is 4. The van der Waals surface area contributed by atoms with Crippen LogP contribution in [0.2, 0.25) is 0 Å². The molecule has 0 aliphatic heterocycles. The second kappa shape index (κ2) is 5.36. The molecule has 0 spiro atoms. The van der Waals surface area contributed by atoms with Gasteiger partial charge in [-0.1, -0.05) is 0 Å².